The van der Waals surface area contributed by atoms with Gasteiger partial charge in [0.15, 0.2) is 0 Å². The van der Waals surface area contributed by atoms with Gasteiger partial charge in [0.25, 0.3) is 0 Å². The molecule has 21 heavy (non-hydrogen) atoms. The Morgan fingerprint density at radius 2 is 1.67 bits per heavy atom. The van der Waals surface area contributed by atoms with E-state index in [2.05, 4.69) is 4.72 Å². The number of benzene rings is 2. The molecule has 112 valence electrons. The largest absolute Gasteiger partial charge is 0.241 e. The quantitative estimate of drug-likeness (QED) is 0.914. The zero-order valence-electron chi connectivity index (χ0n) is 12.6. The molecule has 1 atom stereocenters. The van der Waals surface area contributed by atoms with Gasteiger partial charge in [-0.3, -0.25) is 0 Å². The van der Waals surface area contributed by atoms with Gasteiger partial charge in [0.1, 0.15) is 0 Å². The van der Waals surface area contributed by atoms with Crippen LogP contribution in [0.15, 0.2) is 53.4 Å². The number of nitrogens with one attached hydrogen (secondary N) is 1. The van der Waals surface area contributed by atoms with Gasteiger partial charge in [-0.25, -0.2) is 13.1 Å². The van der Waals surface area contributed by atoms with Gasteiger partial charge in [-0.1, -0.05) is 43.3 Å². The standard InChI is InChI=1S/C17H21NO2S/c1-4-17(15-8-6-5-7-9-15)18-21(19,20)16-11-10-13(2)14(3)12-16/h5-12,17-18H,4H2,1-3H3. The van der Waals surface area contributed by atoms with Gasteiger partial charge < -0.3 is 0 Å². The highest BCUT2D eigenvalue weighted by Crippen LogP contribution is 2.21. The summed E-state index contributed by atoms with van der Waals surface area (Å²) in [6, 6.07) is 14.6. The molecule has 0 radical (unpaired) electrons. The molecule has 0 bridgehead atoms. The van der Waals surface area contributed by atoms with Crippen molar-refractivity contribution in [3.8, 4) is 0 Å². The van der Waals surface area contributed by atoms with Crippen LogP contribution in [0.25, 0.3) is 0 Å². The highest BCUT2D eigenvalue weighted by molar-refractivity contribution is 7.89. The van der Waals surface area contributed by atoms with Crippen LogP contribution in [0.2, 0.25) is 0 Å². The van der Waals surface area contributed by atoms with E-state index in [1.54, 1.807) is 12.1 Å². The van der Waals surface area contributed by atoms with Crippen molar-refractivity contribution in [3.05, 3.63) is 65.2 Å². The van der Waals surface area contributed by atoms with Crippen molar-refractivity contribution in [1.29, 1.82) is 0 Å². The second-order valence-corrected chi connectivity index (χ2v) is 6.95. The van der Waals surface area contributed by atoms with Gasteiger partial charge in [-0.2, -0.15) is 0 Å². The first-order valence-electron chi connectivity index (χ1n) is 7.08. The number of rotatable bonds is 5. The first kappa shape index (κ1) is 15.7. The topological polar surface area (TPSA) is 46.2 Å². The van der Waals surface area contributed by atoms with Crippen molar-refractivity contribution < 1.29 is 8.42 Å². The second kappa shape index (κ2) is 6.41. The van der Waals surface area contributed by atoms with Gasteiger partial charge in [-0.15, -0.1) is 0 Å². The molecule has 3 nitrogen and oxygen atoms in total. The fourth-order valence-corrected chi connectivity index (χ4v) is 3.60. The number of sulfonamides is 1. The minimum absolute atomic E-state index is 0.210. The molecule has 2 aromatic carbocycles. The number of hydrogen-bond donors (Lipinski definition) is 1. The Bertz CT molecular complexity index is 709. The molecular formula is C17H21NO2S. The van der Waals surface area contributed by atoms with Crippen molar-refractivity contribution in [2.75, 3.05) is 0 Å². The summed E-state index contributed by atoms with van der Waals surface area (Å²) in [5.74, 6) is 0. The predicted molar refractivity (Wildman–Crippen MR) is 85.7 cm³/mol. The SMILES string of the molecule is CCC(NS(=O)(=O)c1ccc(C)c(C)c1)c1ccccc1. The molecule has 0 saturated carbocycles. The van der Waals surface area contributed by atoms with E-state index in [-0.39, 0.29) is 6.04 Å². The van der Waals surface area contributed by atoms with Crippen LogP contribution in [-0.2, 0) is 10.0 Å². The summed E-state index contributed by atoms with van der Waals surface area (Å²) in [7, 11) is -3.51. The molecule has 1 unspecified atom stereocenters. The van der Waals surface area contributed by atoms with E-state index in [1.807, 2.05) is 57.2 Å². The first-order valence-corrected chi connectivity index (χ1v) is 8.57. The zero-order chi connectivity index (χ0) is 15.5. The monoisotopic (exact) mass is 303 g/mol. The maximum absolute atomic E-state index is 12.5. The summed E-state index contributed by atoms with van der Waals surface area (Å²) < 4.78 is 27.8. The Balaban J connectivity index is 2.29. The van der Waals surface area contributed by atoms with Gasteiger partial charge in [0.05, 0.1) is 4.90 Å². The molecule has 0 fully saturated rings. The summed E-state index contributed by atoms with van der Waals surface area (Å²) >= 11 is 0. The first-order chi connectivity index (χ1) is 9.94. The lowest BCUT2D eigenvalue weighted by Gasteiger charge is -2.18. The summed E-state index contributed by atoms with van der Waals surface area (Å²) in [6.07, 6.45) is 0.702. The molecule has 2 aromatic rings. The van der Waals surface area contributed by atoms with Crippen LogP contribution in [0.3, 0.4) is 0 Å². The van der Waals surface area contributed by atoms with Crippen LogP contribution >= 0.6 is 0 Å². The maximum Gasteiger partial charge on any atom is 0.241 e. The molecule has 2 rings (SSSR count). The Morgan fingerprint density at radius 3 is 2.24 bits per heavy atom. The zero-order valence-corrected chi connectivity index (χ0v) is 13.4. The van der Waals surface area contributed by atoms with Gasteiger partial charge >= 0.3 is 0 Å². The lowest BCUT2D eigenvalue weighted by atomic mass is 10.1. The maximum atomic E-state index is 12.5. The summed E-state index contributed by atoms with van der Waals surface area (Å²) in [6.45, 7) is 5.86. The minimum atomic E-state index is -3.51. The van der Waals surface area contributed by atoms with E-state index in [9.17, 15) is 8.42 Å². The average Bonchev–Trinajstić information content (AvgIpc) is 2.48. The van der Waals surface area contributed by atoms with E-state index in [1.165, 1.54) is 0 Å². The van der Waals surface area contributed by atoms with Crippen LogP contribution in [0.5, 0.6) is 0 Å². The normalized spacial score (nSPS) is 13.1. The Labute approximate surface area is 127 Å². The van der Waals surface area contributed by atoms with Gasteiger partial charge in [-0.05, 0) is 49.1 Å². The molecule has 0 saturated heterocycles. The third-order valence-electron chi connectivity index (χ3n) is 3.70. The summed E-state index contributed by atoms with van der Waals surface area (Å²) in [5.41, 5.74) is 3.04. The van der Waals surface area contributed by atoms with Crippen LogP contribution < -0.4 is 4.72 Å². The van der Waals surface area contributed by atoms with E-state index in [0.717, 1.165) is 16.7 Å². The molecule has 0 aliphatic rings. The lowest BCUT2D eigenvalue weighted by molar-refractivity contribution is 0.550. The van der Waals surface area contributed by atoms with Crippen LogP contribution in [-0.4, -0.2) is 8.42 Å². The fraction of sp³-hybridized carbons (Fsp3) is 0.294. The molecule has 0 heterocycles. The van der Waals surface area contributed by atoms with E-state index >= 15 is 0 Å². The molecule has 1 N–H and O–H groups in total. The van der Waals surface area contributed by atoms with Crippen molar-refractivity contribution in [3.63, 3.8) is 0 Å². The van der Waals surface area contributed by atoms with Crippen molar-refractivity contribution >= 4 is 10.0 Å². The van der Waals surface area contributed by atoms with Crippen LogP contribution in [0, 0.1) is 13.8 Å². The Kier molecular flexibility index (Phi) is 4.80. The van der Waals surface area contributed by atoms with E-state index in [0.29, 0.717) is 11.3 Å². The van der Waals surface area contributed by atoms with Crippen LogP contribution in [0.4, 0.5) is 0 Å². The molecule has 0 spiro atoms. The fourth-order valence-electron chi connectivity index (χ4n) is 2.21. The van der Waals surface area contributed by atoms with Gasteiger partial charge in [0.2, 0.25) is 10.0 Å². The van der Waals surface area contributed by atoms with Crippen LogP contribution in [0.1, 0.15) is 36.1 Å². The molecule has 0 aliphatic carbocycles. The van der Waals surface area contributed by atoms with Gasteiger partial charge in [0, 0.05) is 6.04 Å². The minimum Gasteiger partial charge on any atom is -0.207 e. The summed E-state index contributed by atoms with van der Waals surface area (Å²) in [4.78, 5) is 0.319. The number of aryl methyl sites for hydroxylation is 2. The average molecular weight is 303 g/mol. The molecule has 4 heteroatoms. The van der Waals surface area contributed by atoms with Crippen molar-refractivity contribution in [2.24, 2.45) is 0 Å². The third-order valence-corrected chi connectivity index (χ3v) is 5.17. The molecule has 0 aliphatic heterocycles. The van der Waals surface area contributed by atoms with Crippen molar-refractivity contribution in [2.45, 2.75) is 38.1 Å². The summed E-state index contributed by atoms with van der Waals surface area (Å²) in [5, 5.41) is 0. The molecular weight excluding hydrogens is 282 g/mol. The smallest absolute Gasteiger partial charge is 0.207 e. The highest BCUT2D eigenvalue weighted by atomic mass is 32.2. The van der Waals surface area contributed by atoms with E-state index in [4.69, 9.17) is 0 Å². The van der Waals surface area contributed by atoms with E-state index < -0.39 is 10.0 Å². The highest BCUT2D eigenvalue weighted by Gasteiger charge is 2.20. The third kappa shape index (κ3) is 3.71. The second-order valence-electron chi connectivity index (χ2n) is 5.24. The molecule has 0 aromatic heterocycles. The Hall–Kier alpha value is -1.65. The predicted octanol–water partition coefficient (Wildman–Crippen LogP) is 3.73. The lowest BCUT2D eigenvalue weighted by Crippen LogP contribution is -2.28. The Morgan fingerprint density at radius 1 is 1.00 bits per heavy atom. The van der Waals surface area contributed by atoms with Crippen molar-refractivity contribution in [1.82, 2.24) is 4.72 Å². The number of hydrogen-bond acceptors (Lipinski definition) is 2. The molecule has 0 amide bonds.